The van der Waals surface area contributed by atoms with Gasteiger partial charge in [0.05, 0.1) is 42.5 Å². The lowest BCUT2D eigenvalue weighted by atomic mass is 10.1. The van der Waals surface area contributed by atoms with Crippen LogP contribution in [0.5, 0.6) is 0 Å². The van der Waals surface area contributed by atoms with Crippen molar-refractivity contribution in [3.63, 3.8) is 0 Å². The highest BCUT2D eigenvalue weighted by atomic mass is 19.4. The van der Waals surface area contributed by atoms with Gasteiger partial charge in [-0.25, -0.2) is 15.8 Å². The molecule has 0 atom stereocenters. The van der Waals surface area contributed by atoms with Gasteiger partial charge in [0, 0.05) is 25.0 Å². The highest BCUT2D eigenvalue weighted by Crippen LogP contribution is 2.19. The van der Waals surface area contributed by atoms with Gasteiger partial charge in [0.25, 0.3) is 5.96 Å². The minimum absolute atomic E-state index is 0.322. The molecular weight excluding hydrogens is 493 g/mol. The lowest BCUT2D eigenvalue weighted by Gasteiger charge is -2.11. The molecule has 0 spiro atoms. The highest BCUT2D eigenvalue weighted by Gasteiger charge is 2.24. The van der Waals surface area contributed by atoms with Crippen molar-refractivity contribution in [1.29, 1.82) is 0 Å². The van der Waals surface area contributed by atoms with Crippen LogP contribution in [0, 0.1) is 6.92 Å². The van der Waals surface area contributed by atoms with E-state index in [4.69, 9.17) is 5.84 Å². The number of nitrogens with one attached hydrogen (secondary N) is 1. The van der Waals surface area contributed by atoms with Gasteiger partial charge in [-0.2, -0.15) is 23.4 Å². The Morgan fingerprint density at radius 2 is 1.95 bits per heavy atom. The van der Waals surface area contributed by atoms with E-state index in [1.807, 2.05) is 45.2 Å². The number of halogens is 3. The lowest BCUT2D eigenvalue weighted by molar-refractivity contribution is -0.125. The number of nitrogens with two attached hydrogens (primary N) is 1. The molecule has 0 saturated carbocycles. The van der Waals surface area contributed by atoms with Crippen LogP contribution in [0.3, 0.4) is 0 Å². The van der Waals surface area contributed by atoms with Gasteiger partial charge in [0.15, 0.2) is 0 Å². The summed E-state index contributed by atoms with van der Waals surface area (Å²) in [5.74, 6) is 6.38. The molecule has 3 heterocycles. The third-order valence-electron chi connectivity index (χ3n) is 4.68. The first-order valence-corrected chi connectivity index (χ1v) is 11.6. The Labute approximate surface area is 220 Å². The SMILES string of the molecule is C=C/C=C\C=C/CC(F)(F)F.CNc1ccc(/C=N/N(N)C2=NCC(C)=CC(c3cncc(C)c3)=N2)nc1. The molecule has 3 rings (SSSR count). The number of allylic oxidation sites excluding steroid dienone is 6. The monoisotopic (exact) mass is 524 g/mol. The minimum atomic E-state index is -4.10. The van der Waals surface area contributed by atoms with E-state index >= 15 is 0 Å². The molecule has 0 radical (unpaired) electrons. The number of aromatic nitrogens is 2. The molecule has 0 saturated heterocycles. The molecule has 1 aliphatic heterocycles. The van der Waals surface area contributed by atoms with E-state index in [1.165, 1.54) is 18.2 Å². The van der Waals surface area contributed by atoms with E-state index in [9.17, 15) is 13.2 Å². The van der Waals surface area contributed by atoms with Crippen LogP contribution in [-0.4, -0.2) is 52.7 Å². The number of pyridine rings is 2. The van der Waals surface area contributed by atoms with Crippen molar-refractivity contribution >= 4 is 23.6 Å². The molecule has 38 heavy (non-hydrogen) atoms. The molecule has 3 N–H and O–H groups in total. The normalized spacial score (nSPS) is 13.9. The number of nitrogens with zero attached hydrogens (tertiary/aromatic N) is 6. The average molecular weight is 525 g/mol. The second-order valence-corrected chi connectivity index (χ2v) is 8.03. The Kier molecular flexibility index (Phi) is 11.8. The number of alkyl halides is 3. The van der Waals surface area contributed by atoms with Gasteiger partial charge in [-0.3, -0.25) is 9.97 Å². The highest BCUT2D eigenvalue weighted by molar-refractivity contribution is 6.14. The smallest absolute Gasteiger partial charge is 0.387 e. The number of anilines is 1. The predicted molar refractivity (Wildman–Crippen MR) is 148 cm³/mol. The second kappa shape index (κ2) is 15.0. The number of hydrogen-bond acceptors (Lipinski definition) is 8. The van der Waals surface area contributed by atoms with Crippen LogP contribution < -0.4 is 11.2 Å². The van der Waals surface area contributed by atoms with Gasteiger partial charge in [0.1, 0.15) is 0 Å². The zero-order valence-corrected chi connectivity index (χ0v) is 21.5. The maximum absolute atomic E-state index is 11.5. The molecule has 2 aromatic heterocycles. The summed E-state index contributed by atoms with van der Waals surface area (Å²) < 4.78 is 34.4. The summed E-state index contributed by atoms with van der Waals surface area (Å²) >= 11 is 0. The largest absolute Gasteiger partial charge is 0.392 e. The van der Waals surface area contributed by atoms with E-state index < -0.39 is 12.6 Å². The molecule has 2 aromatic rings. The molecule has 8 nitrogen and oxygen atoms in total. The molecule has 11 heteroatoms. The third kappa shape index (κ3) is 11.1. The van der Waals surface area contributed by atoms with Crippen molar-refractivity contribution in [1.82, 2.24) is 15.1 Å². The average Bonchev–Trinajstić information content (AvgIpc) is 3.09. The van der Waals surface area contributed by atoms with E-state index in [0.29, 0.717) is 18.2 Å². The maximum atomic E-state index is 11.5. The summed E-state index contributed by atoms with van der Waals surface area (Å²) in [6.45, 7) is 7.86. The van der Waals surface area contributed by atoms with Gasteiger partial charge in [-0.1, -0.05) is 37.0 Å². The fraction of sp³-hybridized carbons (Fsp3) is 0.222. The fourth-order valence-corrected chi connectivity index (χ4v) is 2.84. The maximum Gasteiger partial charge on any atom is 0.392 e. The van der Waals surface area contributed by atoms with Crippen molar-refractivity contribution in [3.8, 4) is 0 Å². The minimum Gasteiger partial charge on any atom is -0.387 e. The summed E-state index contributed by atoms with van der Waals surface area (Å²) in [5, 5.41) is 8.38. The van der Waals surface area contributed by atoms with Gasteiger partial charge >= 0.3 is 6.18 Å². The molecule has 0 unspecified atom stereocenters. The Morgan fingerprint density at radius 1 is 1.16 bits per heavy atom. The molecule has 0 aliphatic carbocycles. The van der Waals surface area contributed by atoms with Crippen molar-refractivity contribution in [3.05, 3.63) is 102 Å². The number of hydrogen-bond donors (Lipinski definition) is 2. The number of hydrazone groups is 1. The number of aryl methyl sites for hydroxylation is 1. The Bertz CT molecular complexity index is 1240. The Hall–Kier alpha value is -4.38. The summed E-state index contributed by atoms with van der Waals surface area (Å²) in [6, 6.07) is 5.78. The number of guanidine groups is 1. The van der Waals surface area contributed by atoms with Gasteiger partial charge < -0.3 is 5.32 Å². The predicted octanol–water partition coefficient (Wildman–Crippen LogP) is 5.38. The fourth-order valence-electron chi connectivity index (χ4n) is 2.84. The van der Waals surface area contributed by atoms with Crippen LogP contribution in [0.4, 0.5) is 18.9 Å². The van der Waals surface area contributed by atoms with Crippen LogP contribution >= 0.6 is 0 Å². The van der Waals surface area contributed by atoms with E-state index in [2.05, 4.69) is 36.9 Å². The summed E-state index contributed by atoms with van der Waals surface area (Å²) in [5.41, 5.74) is 5.40. The first kappa shape index (κ1) is 29.8. The number of aliphatic imine (C=N–C) groups is 2. The van der Waals surface area contributed by atoms with Crippen molar-refractivity contribution in [2.75, 3.05) is 18.9 Å². The quantitative estimate of drug-likeness (QED) is 0.219. The van der Waals surface area contributed by atoms with E-state index in [1.54, 1.807) is 30.9 Å². The molecular formula is C27H31F3N8. The summed E-state index contributed by atoms with van der Waals surface area (Å²) in [7, 11) is 1.84. The standard InChI is InChI=1S/C19H22N8.C8H9F3/c1-13-6-15(10-22-8-13)18-7-14(2)9-24-19(26-18)27(20)25-12-17-5-4-16(21-3)11-23-17;1-2-3-4-5-6-7-8(9,10)11/h4-8,10-12,21H,9,20H2,1-3H3;2-6H,1,7H2/b25-12+;4-3-,6-5-. The summed E-state index contributed by atoms with van der Waals surface area (Å²) in [6.07, 6.45) is 10.8. The van der Waals surface area contributed by atoms with Crippen LogP contribution in [0.15, 0.2) is 100 Å². The molecule has 0 bridgehead atoms. The molecule has 0 aromatic carbocycles. The lowest BCUT2D eigenvalue weighted by Crippen LogP contribution is -2.32. The first-order valence-electron chi connectivity index (χ1n) is 11.6. The van der Waals surface area contributed by atoms with Gasteiger partial charge in [-0.15, -0.1) is 0 Å². The van der Waals surface area contributed by atoms with Crippen LogP contribution in [0.25, 0.3) is 0 Å². The van der Waals surface area contributed by atoms with Crippen molar-refractivity contribution in [2.45, 2.75) is 26.4 Å². The zero-order chi connectivity index (χ0) is 28.0. The van der Waals surface area contributed by atoms with E-state index in [0.717, 1.165) is 39.3 Å². The van der Waals surface area contributed by atoms with Gasteiger partial charge in [-0.05, 0) is 49.3 Å². The Balaban J connectivity index is 0.000000391. The van der Waals surface area contributed by atoms with Crippen LogP contribution in [0.2, 0.25) is 0 Å². The summed E-state index contributed by atoms with van der Waals surface area (Å²) in [4.78, 5) is 17.5. The molecule has 200 valence electrons. The second-order valence-electron chi connectivity index (χ2n) is 8.03. The number of hydrazine groups is 1. The van der Waals surface area contributed by atoms with Crippen molar-refractivity contribution in [2.24, 2.45) is 20.9 Å². The molecule has 0 fully saturated rings. The number of rotatable bonds is 7. The molecule has 0 amide bonds. The van der Waals surface area contributed by atoms with Crippen LogP contribution in [-0.2, 0) is 0 Å². The Morgan fingerprint density at radius 3 is 2.58 bits per heavy atom. The van der Waals surface area contributed by atoms with Crippen LogP contribution in [0.1, 0.15) is 30.2 Å². The zero-order valence-electron chi connectivity index (χ0n) is 21.5. The first-order chi connectivity index (χ1) is 18.1. The third-order valence-corrected chi connectivity index (χ3v) is 4.68. The molecule has 1 aliphatic rings. The van der Waals surface area contributed by atoms with Crippen molar-refractivity contribution < 1.29 is 13.2 Å². The topological polar surface area (TPSA) is 104 Å². The van der Waals surface area contributed by atoms with Gasteiger partial charge in [0.2, 0.25) is 0 Å². The van der Waals surface area contributed by atoms with E-state index in [-0.39, 0.29) is 0 Å².